The molecule has 0 radical (unpaired) electrons. The summed E-state index contributed by atoms with van der Waals surface area (Å²) < 4.78 is 5.97. The second-order valence-corrected chi connectivity index (χ2v) is 6.31. The average molecular weight is 317 g/mol. The quantitative estimate of drug-likeness (QED) is 0.624. The fourth-order valence-corrected chi connectivity index (χ4v) is 2.96. The molecule has 0 bridgehead atoms. The van der Waals surface area contributed by atoms with Crippen LogP contribution >= 0.6 is 24.0 Å². The van der Waals surface area contributed by atoms with Gasteiger partial charge in [-0.05, 0) is 42.0 Å². The SMILES string of the molecule is CSc1cccc(Oc2ccc(C(C)C)cc2)c1C(N)=S. The standard InChI is InChI=1S/C17H19NOS2/c1-11(2)12-7-9-13(10-8-12)19-14-5-4-6-15(21-3)16(14)17(18)20/h4-11H,1-3H3,(H2,18,20). The first-order chi connectivity index (χ1) is 10.0. The molecule has 110 valence electrons. The van der Waals surface area contributed by atoms with E-state index in [2.05, 4.69) is 26.0 Å². The number of ether oxygens (including phenoxy) is 1. The molecule has 0 spiro atoms. The molecule has 0 aliphatic rings. The smallest absolute Gasteiger partial charge is 0.138 e. The molecule has 0 heterocycles. The molecule has 2 aromatic rings. The van der Waals surface area contributed by atoms with Crippen molar-refractivity contribution < 1.29 is 4.74 Å². The number of thiocarbonyl (C=S) groups is 1. The van der Waals surface area contributed by atoms with E-state index in [-0.39, 0.29) is 0 Å². The van der Waals surface area contributed by atoms with Crippen molar-refractivity contribution in [2.24, 2.45) is 5.73 Å². The Kier molecular flexibility index (Phi) is 5.26. The van der Waals surface area contributed by atoms with Gasteiger partial charge in [-0.3, -0.25) is 0 Å². The summed E-state index contributed by atoms with van der Waals surface area (Å²) in [5, 5.41) is 0. The van der Waals surface area contributed by atoms with Gasteiger partial charge in [-0.25, -0.2) is 0 Å². The highest BCUT2D eigenvalue weighted by Crippen LogP contribution is 2.32. The minimum atomic E-state index is 0.355. The number of rotatable bonds is 5. The predicted molar refractivity (Wildman–Crippen MR) is 94.7 cm³/mol. The van der Waals surface area contributed by atoms with E-state index in [1.807, 2.05) is 36.6 Å². The van der Waals surface area contributed by atoms with E-state index in [0.717, 1.165) is 16.2 Å². The van der Waals surface area contributed by atoms with Gasteiger partial charge in [-0.2, -0.15) is 0 Å². The van der Waals surface area contributed by atoms with Gasteiger partial charge in [0.2, 0.25) is 0 Å². The maximum absolute atomic E-state index is 5.97. The van der Waals surface area contributed by atoms with Crippen LogP contribution in [0, 0.1) is 0 Å². The molecule has 0 unspecified atom stereocenters. The molecule has 2 nitrogen and oxygen atoms in total. The molecule has 4 heteroatoms. The Morgan fingerprint density at radius 3 is 2.33 bits per heavy atom. The third kappa shape index (κ3) is 3.77. The van der Waals surface area contributed by atoms with Crippen LogP contribution in [0.1, 0.15) is 30.9 Å². The zero-order valence-corrected chi connectivity index (χ0v) is 14.1. The van der Waals surface area contributed by atoms with Crippen LogP contribution in [0.2, 0.25) is 0 Å². The zero-order valence-electron chi connectivity index (χ0n) is 12.4. The summed E-state index contributed by atoms with van der Waals surface area (Å²) in [6.07, 6.45) is 2.00. The maximum Gasteiger partial charge on any atom is 0.138 e. The molecule has 0 saturated carbocycles. The predicted octanol–water partition coefficient (Wildman–Crippen LogP) is 4.96. The molecular formula is C17H19NOS2. The lowest BCUT2D eigenvalue weighted by atomic mass is 10.0. The molecule has 0 saturated heterocycles. The molecule has 2 rings (SSSR count). The summed E-state index contributed by atoms with van der Waals surface area (Å²) in [5.74, 6) is 1.99. The van der Waals surface area contributed by atoms with Crippen molar-refractivity contribution in [3.63, 3.8) is 0 Å². The van der Waals surface area contributed by atoms with Crippen LogP contribution < -0.4 is 10.5 Å². The van der Waals surface area contributed by atoms with Crippen LogP contribution in [-0.2, 0) is 0 Å². The Labute approximate surface area is 135 Å². The highest BCUT2D eigenvalue weighted by molar-refractivity contribution is 7.98. The van der Waals surface area contributed by atoms with Crippen LogP contribution in [0.25, 0.3) is 0 Å². The minimum absolute atomic E-state index is 0.355. The van der Waals surface area contributed by atoms with Crippen molar-refractivity contribution in [1.82, 2.24) is 0 Å². The van der Waals surface area contributed by atoms with Crippen molar-refractivity contribution >= 4 is 29.0 Å². The summed E-state index contributed by atoms with van der Waals surface area (Å²) in [7, 11) is 0. The third-order valence-corrected chi connectivity index (χ3v) is 4.21. The van der Waals surface area contributed by atoms with E-state index in [1.54, 1.807) is 11.8 Å². The average Bonchev–Trinajstić information content (AvgIpc) is 2.47. The molecule has 21 heavy (non-hydrogen) atoms. The minimum Gasteiger partial charge on any atom is -0.457 e. The van der Waals surface area contributed by atoms with Crippen molar-refractivity contribution in [1.29, 1.82) is 0 Å². The van der Waals surface area contributed by atoms with Gasteiger partial charge in [0, 0.05) is 4.90 Å². The fraction of sp³-hybridized carbons (Fsp3) is 0.235. The summed E-state index contributed by atoms with van der Waals surface area (Å²) in [5.41, 5.74) is 7.93. The second kappa shape index (κ2) is 6.96. The Morgan fingerprint density at radius 2 is 1.81 bits per heavy atom. The Morgan fingerprint density at radius 1 is 1.14 bits per heavy atom. The molecule has 0 amide bonds. The molecule has 0 aliphatic heterocycles. The maximum atomic E-state index is 5.97. The first-order valence-electron chi connectivity index (χ1n) is 6.77. The molecule has 0 aliphatic carbocycles. The van der Waals surface area contributed by atoms with Gasteiger partial charge in [0.1, 0.15) is 16.5 Å². The van der Waals surface area contributed by atoms with Crippen molar-refractivity contribution in [3.05, 3.63) is 53.6 Å². The van der Waals surface area contributed by atoms with E-state index < -0.39 is 0 Å². The summed E-state index contributed by atoms with van der Waals surface area (Å²) >= 11 is 6.77. The van der Waals surface area contributed by atoms with Crippen molar-refractivity contribution in [2.75, 3.05) is 6.26 Å². The summed E-state index contributed by atoms with van der Waals surface area (Å²) in [6.45, 7) is 4.34. The van der Waals surface area contributed by atoms with Crippen LogP contribution in [0.4, 0.5) is 0 Å². The van der Waals surface area contributed by atoms with E-state index >= 15 is 0 Å². The molecule has 2 N–H and O–H groups in total. The van der Waals surface area contributed by atoms with Crippen molar-refractivity contribution in [3.8, 4) is 11.5 Å². The van der Waals surface area contributed by atoms with E-state index in [4.69, 9.17) is 22.7 Å². The number of hydrogen-bond acceptors (Lipinski definition) is 3. The molecule has 0 atom stereocenters. The summed E-state index contributed by atoms with van der Waals surface area (Å²) in [4.78, 5) is 1.38. The second-order valence-electron chi connectivity index (χ2n) is 5.02. The van der Waals surface area contributed by atoms with E-state index in [1.165, 1.54) is 5.56 Å². The van der Waals surface area contributed by atoms with Gasteiger partial charge in [0.05, 0.1) is 5.56 Å². The largest absolute Gasteiger partial charge is 0.457 e. The number of thioether (sulfide) groups is 1. The van der Waals surface area contributed by atoms with Gasteiger partial charge >= 0.3 is 0 Å². The summed E-state index contributed by atoms with van der Waals surface area (Å²) in [6, 6.07) is 14.0. The lowest BCUT2D eigenvalue weighted by molar-refractivity contribution is 0.480. The lowest BCUT2D eigenvalue weighted by Gasteiger charge is -2.14. The highest BCUT2D eigenvalue weighted by Gasteiger charge is 2.12. The normalized spacial score (nSPS) is 10.7. The number of nitrogens with two attached hydrogens (primary N) is 1. The van der Waals surface area contributed by atoms with Gasteiger partial charge in [-0.15, -0.1) is 11.8 Å². The first kappa shape index (κ1) is 15.9. The third-order valence-electron chi connectivity index (χ3n) is 3.23. The van der Waals surface area contributed by atoms with E-state index in [0.29, 0.717) is 16.7 Å². The van der Waals surface area contributed by atoms with E-state index in [9.17, 15) is 0 Å². The van der Waals surface area contributed by atoms with Crippen molar-refractivity contribution in [2.45, 2.75) is 24.7 Å². The van der Waals surface area contributed by atoms with Gasteiger partial charge in [0.25, 0.3) is 0 Å². The molecular weight excluding hydrogens is 298 g/mol. The van der Waals surface area contributed by atoms with Crippen LogP contribution in [0.3, 0.4) is 0 Å². The van der Waals surface area contributed by atoms with Gasteiger partial charge < -0.3 is 10.5 Å². The topological polar surface area (TPSA) is 35.2 Å². The fourth-order valence-electron chi connectivity index (χ4n) is 2.06. The Hall–Kier alpha value is -1.52. The van der Waals surface area contributed by atoms with Crippen LogP contribution in [0.5, 0.6) is 11.5 Å². The Bertz CT molecular complexity index is 636. The van der Waals surface area contributed by atoms with Crippen LogP contribution in [-0.4, -0.2) is 11.2 Å². The molecule has 0 aromatic heterocycles. The Balaban J connectivity index is 2.33. The lowest BCUT2D eigenvalue weighted by Crippen LogP contribution is -2.12. The number of hydrogen-bond donors (Lipinski definition) is 1. The molecule has 0 fully saturated rings. The van der Waals surface area contributed by atoms with Gasteiger partial charge in [0.15, 0.2) is 0 Å². The highest BCUT2D eigenvalue weighted by atomic mass is 32.2. The van der Waals surface area contributed by atoms with Crippen LogP contribution in [0.15, 0.2) is 47.4 Å². The monoisotopic (exact) mass is 317 g/mol. The molecule has 2 aromatic carbocycles. The zero-order chi connectivity index (χ0) is 15.4. The first-order valence-corrected chi connectivity index (χ1v) is 8.41. The number of benzene rings is 2. The van der Waals surface area contributed by atoms with Gasteiger partial charge in [-0.1, -0.05) is 44.3 Å².